The number of halogens is 2. The van der Waals surface area contributed by atoms with E-state index in [4.69, 9.17) is 14.2 Å². The Morgan fingerprint density at radius 3 is 2.09 bits per heavy atom. The van der Waals surface area contributed by atoms with Gasteiger partial charge in [0, 0.05) is 11.1 Å². The Kier molecular flexibility index (Phi) is 4.60. The maximum absolute atomic E-state index is 13.5. The zero-order valence-corrected chi connectivity index (χ0v) is 12.3. The van der Waals surface area contributed by atoms with Gasteiger partial charge in [0.15, 0.2) is 29.4 Å². The van der Waals surface area contributed by atoms with Gasteiger partial charge in [-0.05, 0) is 23.8 Å². The molecule has 2 aromatic rings. The van der Waals surface area contributed by atoms with E-state index in [-0.39, 0.29) is 17.1 Å². The number of benzene rings is 2. The van der Waals surface area contributed by atoms with Crippen LogP contribution in [0.3, 0.4) is 0 Å². The summed E-state index contributed by atoms with van der Waals surface area (Å²) in [5.74, 6) is -1.24. The molecule has 0 spiro atoms. The van der Waals surface area contributed by atoms with E-state index < -0.39 is 11.6 Å². The molecule has 116 valence electrons. The zero-order valence-electron chi connectivity index (χ0n) is 12.3. The second-order valence-electron chi connectivity index (χ2n) is 4.36. The van der Waals surface area contributed by atoms with Crippen molar-refractivity contribution in [2.45, 2.75) is 0 Å². The van der Waals surface area contributed by atoms with Gasteiger partial charge in [-0.25, -0.2) is 8.78 Å². The Labute approximate surface area is 126 Å². The first kappa shape index (κ1) is 15.8. The molecular formula is C16H14F2O4. The fourth-order valence-corrected chi connectivity index (χ4v) is 2.22. The van der Waals surface area contributed by atoms with Gasteiger partial charge in [-0.2, -0.15) is 0 Å². The van der Waals surface area contributed by atoms with Gasteiger partial charge < -0.3 is 14.2 Å². The van der Waals surface area contributed by atoms with Crippen LogP contribution in [0.15, 0.2) is 24.3 Å². The van der Waals surface area contributed by atoms with E-state index in [1.54, 1.807) is 0 Å². The van der Waals surface area contributed by atoms with E-state index in [1.807, 2.05) is 0 Å². The summed E-state index contributed by atoms with van der Waals surface area (Å²) in [6.45, 7) is 0. The molecule has 0 saturated heterocycles. The molecule has 6 heteroatoms. The lowest BCUT2D eigenvalue weighted by Crippen LogP contribution is -2.01. The van der Waals surface area contributed by atoms with Gasteiger partial charge in [0.1, 0.15) is 0 Å². The first-order chi connectivity index (χ1) is 10.6. The molecule has 0 aliphatic heterocycles. The quantitative estimate of drug-likeness (QED) is 0.793. The van der Waals surface area contributed by atoms with Crippen molar-refractivity contribution in [2.24, 2.45) is 0 Å². The van der Waals surface area contributed by atoms with E-state index in [9.17, 15) is 13.6 Å². The molecule has 0 atom stereocenters. The number of carbonyl (C=O) groups excluding carboxylic acids is 1. The lowest BCUT2D eigenvalue weighted by Gasteiger charge is -2.18. The van der Waals surface area contributed by atoms with Crippen LogP contribution in [0.1, 0.15) is 10.4 Å². The molecule has 0 saturated carbocycles. The number of carbonyl (C=O) groups is 1. The molecule has 0 amide bonds. The van der Waals surface area contributed by atoms with E-state index in [0.29, 0.717) is 23.2 Å². The largest absolute Gasteiger partial charge is 0.493 e. The SMILES string of the molecule is COc1cc(C=O)c(-c2ccc(F)c(F)c2)c(OC)c1OC. The highest BCUT2D eigenvalue weighted by Gasteiger charge is 2.22. The molecule has 0 unspecified atom stereocenters. The van der Waals surface area contributed by atoms with Crippen LogP contribution in [0.5, 0.6) is 17.2 Å². The highest BCUT2D eigenvalue weighted by Crippen LogP contribution is 2.46. The number of methoxy groups -OCH3 is 3. The standard InChI is InChI=1S/C16H14F2O4/c1-20-13-7-10(8-19)14(16(22-3)15(13)21-2)9-4-5-11(17)12(18)6-9/h4-8H,1-3H3. The van der Waals surface area contributed by atoms with Gasteiger partial charge in [0.05, 0.1) is 21.3 Å². The Morgan fingerprint density at radius 2 is 1.59 bits per heavy atom. The third kappa shape index (κ3) is 2.59. The smallest absolute Gasteiger partial charge is 0.203 e. The molecule has 0 radical (unpaired) electrons. The van der Waals surface area contributed by atoms with Crippen molar-refractivity contribution in [1.29, 1.82) is 0 Å². The van der Waals surface area contributed by atoms with E-state index in [1.165, 1.54) is 33.5 Å². The predicted octanol–water partition coefficient (Wildman–Crippen LogP) is 3.47. The van der Waals surface area contributed by atoms with Crippen molar-refractivity contribution >= 4 is 6.29 Å². The minimum Gasteiger partial charge on any atom is -0.493 e. The summed E-state index contributed by atoms with van der Waals surface area (Å²) in [4.78, 5) is 11.4. The molecule has 2 aromatic carbocycles. The average molecular weight is 308 g/mol. The molecule has 22 heavy (non-hydrogen) atoms. The van der Waals surface area contributed by atoms with Crippen LogP contribution in [0, 0.1) is 11.6 Å². The van der Waals surface area contributed by atoms with Crippen molar-refractivity contribution in [3.8, 4) is 28.4 Å². The Balaban J connectivity index is 2.82. The minimum atomic E-state index is -1.02. The summed E-state index contributed by atoms with van der Waals surface area (Å²) in [5.41, 5.74) is 0.799. The number of hydrogen-bond donors (Lipinski definition) is 0. The van der Waals surface area contributed by atoms with E-state index in [0.717, 1.165) is 12.1 Å². The van der Waals surface area contributed by atoms with Crippen molar-refractivity contribution in [3.63, 3.8) is 0 Å². The summed E-state index contributed by atoms with van der Waals surface area (Å²) in [5, 5.41) is 0. The topological polar surface area (TPSA) is 44.8 Å². The third-order valence-corrected chi connectivity index (χ3v) is 3.20. The fourth-order valence-electron chi connectivity index (χ4n) is 2.22. The summed E-state index contributed by atoms with van der Waals surface area (Å²) >= 11 is 0. The van der Waals surface area contributed by atoms with Gasteiger partial charge >= 0.3 is 0 Å². The summed E-state index contributed by atoms with van der Waals surface area (Å²) in [6.07, 6.45) is 0.584. The normalized spacial score (nSPS) is 10.2. The highest BCUT2D eigenvalue weighted by molar-refractivity contribution is 5.93. The van der Waals surface area contributed by atoms with Crippen LogP contribution in [0.4, 0.5) is 8.78 Å². The summed E-state index contributed by atoms with van der Waals surface area (Å²) < 4.78 is 42.3. The first-order valence-electron chi connectivity index (χ1n) is 6.30. The number of rotatable bonds is 5. The van der Waals surface area contributed by atoms with E-state index >= 15 is 0 Å². The van der Waals surface area contributed by atoms with Crippen LogP contribution < -0.4 is 14.2 Å². The van der Waals surface area contributed by atoms with Crippen LogP contribution in [-0.2, 0) is 0 Å². The second-order valence-corrected chi connectivity index (χ2v) is 4.36. The number of ether oxygens (including phenoxy) is 3. The van der Waals surface area contributed by atoms with Crippen molar-refractivity contribution in [1.82, 2.24) is 0 Å². The highest BCUT2D eigenvalue weighted by atomic mass is 19.2. The second kappa shape index (κ2) is 6.43. The summed E-state index contributed by atoms with van der Waals surface area (Å²) in [7, 11) is 4.22. The van der Waals surface area contributed by atoms with Gasteiger partial charge in [-0.15, -0.1) is 0 Å². The van der Waals surface area contributed by atoms with Crippen LogP contribution in [0.2, 0.25) is 0 Å². The number of aldehydes is 1. The molecule has 0 N–H and O–H groups in total. The number of hydrogen-bond acceptors (Lipinski definition) is 4. The van der Waals surface area contributed by atoms with Crippen molar-refractivity contribution < 1.29 is 27.8 Å². The van der Waals surface area contributed by atoms with Gasteiger partial charge in [-0.1, -0.05) is 6.07 Å². The molecule has 0 aliphatic carbocycles. The maximum atomic E-state index is 13.5. The minimum absolute atomic E-state index is 0.204. The molecule has 0 heterocycles. The monoisotopic (exact) mass is 308 g/mol. The fraction of sp³-hybridized carbons (Fsp3) is 0.188. The third-order valence-electron chi connectivity index (χ3n) is 3.20. The lowest BCUT2D eigenvalue weighted by molar-refractivity contribution is 0.112. The van der Waals surface area contributed by atoms with Crippen molar-refractivity contribution in [3.05, 3.63) is 41.5 Å². The van der Waals surface area contributed by atoms with Crippen LogP contribution in [-0.4, -0.2) is 27.6 Å². The Bertz CT molecular complexity index is 714. The van der Waals surface area contributed by atoms with Gasteiger partial charge in [-0.3, -0.25) is 4.79 Å². The molecule has 0 bridgehead atoms. The molecule has 0 aliphatic rings. The predicted molar refractivity (Wildman–Crippen MR) is 76.8 cm³/mol. The van der Waals surface area contributed by atoms with Crippen LogP contribution >= 0.6 is 0 Å². The molecule has 0 fully saturated rings. The molecule has 2 rings (SSSR count). The average Bonchev–Trinajstić information content (AvgIpc) is 2.55. The van der Waals surface area contributed by atoms with Crippen molar-refractivity contribution in [2.75, 3.05) is 21.3 Å². The Morgan fingerprint density at radius 1 is 0.909 bits per heavy atom. The maximum Gasteiger partial charge on any atom is 0.203 e. The summed E-state index contributed by atoms with van der Waals surface area (Å²) in [6, 6.07) is 4.78. The Hall–Kier alpha value is -2.63. The zero-order chi connectivity index (χ0) is 16.3. The molecule has 0 aromatic heterocycles. The molecule has 4 nitrogen and oxygen atoms in total. The van der Waals surface area contributed by atoms with E-state index in [2.05, 4.69) is 0 Å². The lowest BCUT2D eigenvalue weighted by atomic mass is 9.97. The first-order valence-corrected chi connectivity index (χ1v) is 6.30. The van der Waals surface area contributed by atoms with Crippen LogP contribution in [0.25, 0.3) is 11.1 Å². The van der Waals surface area contributed by atoms with Gasteiger partial charge in [0.2, 0.25) is 5.75 Å². The molecular weight excluding hydrogens is 294 g/mol. The van der Waals surface area contributed by atoms with Gasteiger partial charge in [0.25, 0.3) is 0 Å².